The topological polar surface area (TPSA) is 57.6 Å². The molecule has 1 aliphatic heterocycles. The molecule has 4 nitrogen and oxygen atoms in total. The van der Waals surface area contributed by atoms with Gasteiger partial charge in [-0.25, -0.2) is 4.39 Å². The van der Waals surface area contributed by atoms with E-state index in [0.717, 1.165) is 37.9 Å². The summed E-state index contributed by atoms with van der Waals surface area (Å²) in [6, 6.07) is 4.17. The number of ketones is 2. The van der Waals surface area contributed by atoms with Crippen LogP contribution in [0.5, 0.6) is 0 Å². The van der Waals surface area contributed by atoms with E-state index in [0.29, 0.717) is 13.0 Å². The number of aliphatic hydroxyl groups excluding tert-OH is 1. The summed E-state index contributed by atoms with van der Waals surface area (Å²) in [6.07, 6.45) is 8.11. The summed E-state index contributed by atoms with van der Waals surface area (Å²) in [5, 5.41) is 13.8. The van der Waals surface area contributed by atoms with Crippen molar-refractivity contribution in [2.75, 3.05) is 19.8 Å². The molecule has 1 N–H and O–H groups in total. The van der Waals surface area contributed by atoms with Gasteiger partial charge in [0.25, 0.3) is 0 Å². The maximum Gasteiger partial charge on any atom is 0.178 e. The van der Waals surface area contributed by atoms with Crippen LogP contribution in [0, 0.1) is 39.9 Å². The molecule has 8 atom stereocenters. The minimum absolute atomic E-state index is 0.0356. The summed E-state index contributed by atoms with van der Waals surface area (Å²) in [4.78, 5) is 29.2. The zero-order valence-corrected chi connectivity index (χ0v) is 20.8. The minimum Gasteiger partial charge on any atom is -0.393 e. The summed E-state index contributed by atoms with van der Waals surface area (Å²) in [6.45, 7) is 5.65. The van der Waals surface area contributed by atoms with Gasteiger partial charge in [-0.1, -0.05) is 31.6 Å². The van der Waals surface area contributed by atoms with Crippen molar-refractivity contribution >= 4 is 22.9 Å². The van der Waals surface area contributed by atoms with Crippen LogP contribution in [0.3, 0.4) is 0 Å². The van der Waals surface area contributed by atoms with Gasteiger partial charge in [0, 0.05) is 35.8 Å². The number of allylic oxidation sites excluding steroid dienone is 4. The van der Waals surface area contributed by atoms with Crippen LogP contribution in [-0.4, -0.2) is 47.4 Å². The van der Waals surface area contributed by atoms with E-state index in [-0.39, 0.29) is 40.7 Å². The first-order chi connectivity index (χ1) is 16.2. The number of hydrogen-bond acceptors (Lipinski definition) is 5. The van der Waals surface area contributed by atoms with Crippen molar-refractivity contribution in [2.45, 2.75) is 52.2 Å². The number of fused-ring (bicyclic) bond motifs is 7. The fraction of sp³-hybridized carbons (Fsp3) is 0.643. The minimum atomic E-state index is -0.925. The molecule has 8 unspecified atom stereocenters. The van der Waals surface area contributed by atoms with Gasteiger partial charge in [-0.3, -0.25) is 14.5 Å². The molecule has 0 aromatic carbocycles. The van der Waals surface area contributed by atoms with E-state index < -0.39 is 23.6 Å². The van der Waals surface area contributed by atoms with Gasteiger partial charge in [-0.2, -0.15) is 0 Å². The fourth-order valence-electron chi connectivity index (χ4n) is 9.36. The summed E-state index contributed by atoms with van der Waals surface area (Å²) < 4.78 is 14.2. The van der Waals surface area contributed by atoms with Crippen LogP contribution >= 0.6 is 11.3 Å². The Bertz CT molecular complexity index is 1080. The van der Waals surface area contributed by atoms with Crippen LogP contribution < -0.4 is 0 Å². The zero-order chi connectivity index (χ0) is 23.9. The van der Waals surface area contributed by atoms with Crippen LogP contribution in [0.2, 0.25) is 0 Å². The van der Waals surface area contributed by atoms with Crippen LogP contribution in [0.4, 0.5) is 4.39 Å². The third-order valence-corrected chi connectivity index (χ3v) is 11.5. The molecule has 0 bridgehead atoms. The molecule has 4 aliphatic carbocycles. The Balaban J connectivity index is 1.37. The number of hydrogen-bond donors (Lipinski definition) is 1. The summed E-state index contributed by atoms with van der Waals surface area (Å²) in [7, 11) is 0. The molecule has 182 valence electrons. The smallest absolute Gasteiger partial charge is 0.178 e. The van der Waals surface area contributed by atoms with Crippen molar-refractivity contribution in [2.24, 2.45) is 39.9 Å². The average molecular weight is 484 g/mol. The first-order valence-corrected chi connectivity index (χ1v) is 13.6. The van der Waals surface area contributed by atoms with Crippen molar-refractivity contribution in [3.63, 3.8) is 0 Å². The van der Waals surface area contributed by atoms with Crippen molar-refractivity contribution in [1.82, 2.24) is 4.90 Å². The maximum atomic E-state index is 14.2. The third-order valence-electron chi connectivity index (χ3n) is 10.7. The lowest BCUT2D eigenvalue weighted by atomic mass is 9.44. The molecule has 34 heavy (non-hydrogen) atoms. The first kappa shape index (κ1) is 22.8. The van der Waals surface area contributed by atoms with Crippen LogP contribution in [-0.2, 0) is 16.1 Å². The van der Waals surface area contributed by atoms with Gasteiger partial charge in [0.2, 0.25) is 0 Å². The number of carbonyl (C=O) groups is 2. The molecule has 2 heterocycles. The number of thiophene rings is 1. The standard InChI is InChI=1S/C28H34FNO3S/c1-26-8-7-19(31)10-17(26)5-6-21-22-11-18-14-30(15-20-4-3-9-34-20)16-28(18,24(33)13-29)27(22,2)12-23(32)25(21)26/h3-4,7-10,18,21-23,25,32H,5-6,11-16H2,1-2H3. The summed E-state index contributed by atoms with van der Waals surface area (Å²) in [5.41, 5.74) is -0.334. The quantitative estimate of drug-likeness (QED) is 0.680. The lowest BCUT2D eigenvalue weighted by Crippen LogP contribution is -2.60. The summed E-state index contributed by atoms with van der Waals surface area (Å²) >= 11 is 1.72. The highest BCUT2D eigenvalue weighted by molar-refractivity contribution is 7.09. The fourth-order valence-corrected chi connectivity index (χ4v) is 10.1. The van der Waals surface area contributed by atoms with E-state index >= 15 is 0 Å². The van der Waals surface area contributed by atoms with E-state index in [2.05, 4.69) is 30.2 Å². The molecule has 1 saturated heterocycles. The van der Waals surface area contributed by atoms with Gasteiger partial charge < -0.3 is 5.11 Å². The Morgan fingerprint density at radius 2 is 2.18 bits per heavy atom. The van der Waals surface area contributed by atoms with Crippen molar-refractivity contribution in [3.8, 4) is 0 Å². The van der Waals surface area contributed by atoms with E-state index in [1.165, 1.54) is 4.88 Å². The van der Waals surface area contributed by atoms with Gasteiger partial charge in [0.1, 0.15) is 6.67 Å². The number of halogens is 1. The number of Topliss-reactive ketones (excluding diaryl/α,β-unsaturated/α-hetero) is 1. The predicted molar refractivity (Wildman–Crippen MR) is 130 cm³/mol. The third kappa shape index (κ3) is 2.88. The van der Waals surface area contributed by atoms with E-state index in [9.17, 15) is 19.1 Å². The predicted octanol–water partition coefficient (Wildman–Crippen LogP) is 4.59. The largest absolute Gasteiger partial charge is 0.393 e. The van der Waals surface area contributed by atoms with Gasteiger partial charge in [-0.15, -0.1) is 11.3 Å². The normalized spacial score (nSPS) is 45.4. The second kappa shape index (κ2) is 7.68. The van der Waals surface area contributed by atoms with Crippen LogP contribution in [0.15, 0.2) is 41.3 Å². The van der Waals surface area contributed by atoms with Crippen molar-refractivity contribution in [1.29, 1.82) is 0 Å². The van der Waals surface area contributed by atoms with E-state index in [1.807, 2.05) is 12.1 Å². The maximum absolute atomic E-state index is 14.2. The Kier molecular flexibility index (Phi) is 5.15. The molecule has 4 fully saturated rings. The highest BCUT2D eigenvalue weighted by atomic mass is 32.1. The lowest BCUT2D eigenvalue weighted by Gasteiger charge is -2.60. The second-order valence-electron chi connectivity index (χ2n) is 11.9. The SMILES string of the molecule is CC12C=CC(=O)C=C1CCC1C2C(O)CC2(C)C1CC1CN(Cc3cccs3)CC12C(=O)CF. The monoisotopic (exact) mass is 483 g/mol. The number of aliphatic hydroxyl groups is 1. The van der Waals surface area contributed by atoms with Crippen molar-refractivity contribution in [3.05, 3.63) is 46.2 Å². The Morgan fingerprint density at radius 3 is 2.91 bits per heavy atom. The van der Waals surface area contributed by atoms with E-state index in [1.54, 1.807) is 23.5 Å². The molecule has 0 spiro atoms. The van der Waals surface area contributed by atoms with Gasteiger partial charge in [0.15, 0.2) is 11.6 Å². The molecule has 5 aliphatic rings. The van der Waals surface area contributed by atoms with Crippen LogP contribution in [0.25, 0.3) is 0 Å². The molecule has 0 amide bonds. The lowest BCUT2D eigenvalue weighted by molar-refractivity contribution is -0.158. The van der Waals surface area contributed by atoms with Crippen molar-refractivity contribution < 1.29 is 19.1 Å². The molecule has 6 heteroatoms. The van der Waals surface area contributed by atoms with E-state index in [4.69, 9.17) is 0 Å². The molecule has 3 saturated carbocycles. The number of nitrogens with zero attached hydrogens (tertiary/aromatic N) is 1. The van der Waals surface area contributed by atoms with Crippen LogP contribution in [0.1, 0.15) is 44.4 Å². The average Bonchev–Trinajstić information content (AvgIpc) is 3.49. The first-order valence-electron chi connectivity index (χ1n) is 12.7. The Hall–Kier alpha value is -1.63. The molecule has 1 aromatic rings. The van der Waals surface area contributed by atoms with Gasteiger partial charge in [-0.05, 0) is 72.5 Å². The van der Waals surface area contributed by atoms with Gasteiger partial charge >= 0.3 is 0 Å². The molecule has 6 rings (SSSR count). The zero-order valence-electron chi connectivity index (χ0n) is 20.0. The number of rotatable bonds is 4. The molecular weight excluding hydrogens is 449 g/mol. The molecule has 0 radical (unpaired) electrons. The highest BCUT2D eigenvalue weighted by Gasteiger charge is 2.73. The highest BCUT2D eigenvalue weighted by Crippen LogP contribution is 2.72. The van der Waals surface area contributed by atoms with Gasteiger partial charge in [0.05, 0.1) is 11.5 Å². The Labute approximate surface area is 204 Å². The second-order valence-corrected chi connectivity index (χ2v) is 13.0. The number of alkyl halides is 1. The molecule has 1 aromatic heterocycles. The number of likely N-dealkylation sites (tertiary alicyclic amines) is 1. The molecular formula is C28H34FNO3S. The number of carbonyl (C=O) groups excluding carboxylic acids is 2. The summed E-state index contributed by atoms with van der Waals surface area (Å²) in [5.74, 6) is 0.504. The Morgan fingerprint density at radius 1 is 1.35 bits per heavy atom.